The van der Waals surface area contributed by atoms with Gasteiger partial charge in [0.15, 0.2) is 25.2 Å². The van der Waals surface area contributed by atoms with E-state index < -0.39 is 185 Å². The summed E-state index contributed by atoms with van der Waals surface area (Å²) in [4.78, 5) is 26.3. The molecule has 26 heteroatoms. The summed E-state index contributed by atoms with van der Waals surface area (Å²) in [5.74, 6) is -0.787. The predicted octanol–water partition coefficient (Wildman–Crippen LogP) is 3.17. The van der Waals surface area contributed by atoms with Gasteiger partial charge in [0.2, 0.25) is 11.8 Å². The highest BCUT2D eigenvalue weighted by Crippen LogP contribution is 2.34. The minimum atomic E-state index is -2.10. The average Bonchev–Trinajstić information content (AvgIpc) is 0.793. The predicted molar refractivity (Wildman–Crippen MR) is 346 cm³/mol. The van der Waals surface area contributed by atoms with Crippen LogP contribution in [0.15, 0.2) is 0 Å². The Kier molecular flexibility index (Phi) is 42.4. The molecule has 554 valence electrons. The molecule has 0 aromatic carbocycles. The van der Waals surface area contributed by atoms with E-state index in [1.165, 1.54) is 129 Å². The van der Waals surface area contributed by atoms with Crippen molar-refractivity contribution in [3.05, 3.63) is 0 Å². The summed E-state index contributed by atoms with van der Waals surface area (Å²) in [5, 5.41) is 159. The normalized spacial score (nSPS) is 33.2. The Labute approximate surface area is 559 Å². The van der Waals surface area contributed by atoms with Crippen molar-refractivity contribution in [1.29, 1.82) is 0 Å². The minimum Gasteiger partial charge on any atom is -0.394 e. The lowest BCUT2D eigenvalue weighted by atomic mass is 9.95. The fourth-order valence-electron chi connectivity index (χ4n) is 12.9. The van der Waals surface area contributed by atoms with Crippen molar-refractivity contribution < 1.29 is 119 Å². The standard InChI is InChI=1S/C68H128N2O24/c1-6-8-9-10-11-12-13-14-15-16-17-18-19-20-25-28-31-34-37-47(75)64(86)70-45(53(77)46(74)36-33-30-27-24-22-21-23-26-29-32-35-42(3)7-2)40-87-68-63(59(83)54(78)48(38-71)91-68)94-67-61(85)58(82)55(79)50(92-67)41-88-65-51(69-44(5)73)62(56(80)49(39-72)90-65)93-66-60(84)57(81)52(76)43(4)89-66/h42-43,45-63,65-68,71-72,74-85H,6-41H2,1-5H3,(H,69,73)(H,70,86)/t42?,43-,45-,46+,47+,48+,49+,50+,51+,52-,53-,54-,55-,56-,57+,58-,59-,60+,61+,62+,63+,65+,66-,67+,68-/m0/s1. The maximum atomic E-state index is 13.7. The summed E-state index contributed by atoms with van der Waals surface area (Å²) in [7, 11) is 0. The number of hydrogen-bond acceptors (Lipinski definition) is 24. The Morgan fingerprint density at radius 2 is 0.883 bits per heavy atom. The molecule has 0 saturated carbocycles. The van der Waals surface area contributed by atoms with E-state index in [1.54, 1.807) is 0 Å². The van der Waals surface area contributed by atoms with Gasteiger partial charge in [-0.1, -0.05) is 213 Å². The Morgan fingerprint density at radius 1 is 0.457 bits per heavy atom. The van der Waals surface area contributed by atoms with Crippen LogP contribution in [0.3, 0.4) is 0 Å². The van der Waals surface area contributed by atoms with Crippen LogP contribution in [0.5, 0.6) is 0 Å². The fourth-order valence-corrected chi connectivity index (χ4v) is 12.9. The van der Waals surface area contributed by atoms with Gasteiger partial charge in [-0.2, -0.15) is 0 Å². The van der Waals surface area contributed by atoms with Crippen molar-refractivity contribution in [3.8, 4) is 0 Å². The van der Waals surface area contributed by atoms with Crippen LogP contribution in [-0.4, -0.2) is 257 Å². The third-order valence-corrected chi connectivity index (χ3v) is 19.4. The van der Waals surface area contributed by atoms with Gasteiger partial charge >= 0.3 is 0 Å². The van der Waals surface area contributed by atoms with Gasteiger partial charge in [-0.3, -0.25) is 9.59 Å². The van der Waals surface area contributed by atoms with Gasteiger partial charge in [-0.25, -0.2) is 0 Å². The van der Waals surface area contributed by atoms with Crippen LogP contribution < -0.4 is 10.6 Å². The highest BCUT2D eigenvalue weighted by molar-refractivity contribution is 5.80. The Hall–Kier alpha value is -1.94. The monoisotopic (exact) mass is 1360 g/mol. The van der Waals surface area contributed by atoms with Crippen molar-refractivity contribution in [2.24, 2.45) is 5.92 Å². The molecule has 0 aromatic rings. The van der Waals surface area contributed by atoms with E-state index in [-0.39, 0.29) is 12.8 Å². The van der Waals surface area contributed by atoms with Crippen LogP contribution in [0.1, 0.15) is 240 Å². The zero-order valence-corrected chi connectivity index (χ0v) is 57.2. The van der Waals surface area contributed by atoms with Crippen LogP contribution in [0.25, 0.3) is 0 Å². The Balaban J connectivity index is 1.40. The minimum absolute atomic E-state index is 0.124. The van der Waals surface area contributed by atoms with Crippen LogP contribution in [-0.2, 0) is 47.5 Å². The highest BCUT2D eigenvalue weighted by atomic mass is 16.8. The van der Waals surface area contributed by atoms with Crippen molar-refractivity contribution in [2.45, 2.75) is 387 Å². The van der Waals surface area contributed by atoms with Crippen molar-refractivity contribution in [2.75, 3.05) is 26.4 Å². The summed E-state index contributed by atoms with van der Waals surface area (Å²) in [6, 6.07) is -2.93. The lowest BCUT2D eigenvalue weighted by Crippen LogP contribution is -2.68. The first-order chi connectivity index (χ1) is 45.1. The third kappa shape index (κ3) is 29.0. The molecule has 2 amide bonds. The third-order valence-electron chi connectivity index (χ3n) is 19.4. The fraction of sp³-hybridized carbons (Fsp3) is 0.971. The largest absolute Gasteiger partial charge is 0.394 e. The first-order valence-electron chi connectivity index (χ1n) is 36.2. The summed E-state index contributed by atoms with van der Waals surface area (Å²) >= 11 is 0. The van der Waals surface area contributed by atoms with Gasteiger partial charge in [0.25, 0.3) is 0 Å². The van der Waals surface area contributed by atoms with Crippen LogP contribution >= 0.6 is 0 Å². The lowest BCUT2D eigenvalue weighted by Gasteiger charge is -2.48. The zero-order valence-electron chi connectivity index (χ0n) is 57.2. The lowest BCUT2D eigenvalue weighted by molar-refractivity contribution is -0.373. The second-order valence-corrected chi connectivity index (χ2v) is 27.3. The van der Waals surface area contributed by atoms with Crippen molar-refractivity contribution >= 4 is 11.8 Å². The summed E-state index contributed by atoms with van der Waals surface area (Å²) in [6.07, 6.45) is -3.34. The molecular formula is C68H128N2O24. The molecule has 1 unspecified atom stereocenters. The summed E-state index contributed by atoms with van der Waals surface area (Å²) < 4.78 is 47.2. The number of aliphatic hydroxyl groups excluding tert-OH is 14. The average molecular weight is 1360 g/mol. The molecule has 4 aliphatic rings. The molecule has 94 heavy (non-hydrogen) atoms. The molecule has 4 aliphatic heterocycles. The van der Waals surface area contributed by atoms with Crippen molar-refractivity contribution in [1.82, 2.24) is 10.6 Å². The van der Waals surface area contributed by atoms with E-state index in [9.17, 15) is 81.1 Å². The molecule has 4 saturated heterocycles. The maximum Gasteiger partial charge on any atom is 0.249 e. The molecule has 16 N–H and O–H groups in total. The maximum absolute atomic E-state index is 13.7. The second-order valence-electron chi connectivity index (χ2n) is 27.3. The number of unbranched alkanes of at least 4 members (excludes halogenated alkanes) is 26. The molecule has 4 rings (SSSR count). The molecule has 0 spiro atoms. The van der Waals surface area contributed by atoms with E-state index in [1.807, 2.05) is 0 Å². The first kappa shape index (κ1) is 84.5. The molecule has 0 aromatic heterocycles. The quantitative estimate of drug-likeness (QED) is 0.0389. The number of ether oxygens (including phenoxy) is 8. The van der Waals surface area contributed by atoms with E-state index in [4.69, 9.17) is 37.9 Å². The number of carbonyl (C=O) groups is 2. The first-order valence-corrected chi connectivity index (χ1v) is 36.2. The molecule has 4 heterocycles. The van der Waals surface area contributed by atoms with Gasteiger partial charge in [0.1, 0.15) is 104 Å². The Morgan fingerprint density at radius 3 is 1.38 bits per heavy atom. The number of carbonyl (C=O) groups excluding carboxylic acids is 2. The number of aliphatic hydroxyl groups is 14. The molecule has 0 bridgehead atoms. The van der Waals surface area contributed by atoms with Gasteiger partial charge in [-0.15, -0.1) is 0 Å². The smallest absolute Gasteiger partial charge is 0.249 e. The van der Waals surface area contributed by atoms with Crippen LogP contribution in [0, 0.1) is 5.92 Å². The Bertz CT molecular complexity index is 1960. The molecule has 0 aliphatic carbocycles. The van der Waals surface area contributed by atoms with Crippen LogP contribution in [0.4, 0.5) is 0 Å². The molecule has 25 atom stereocenters. The zero-order chi connectivity index (χ0) is 69.1. The number of amides is 2. The van der Waals surface area contributed by atoms with E-state index >= 15 is 0 Å². The van der Waals surface area contributed by atoms with E-state index in [0.29, 0.717) is 12.8 Å². The van der Waals surface area contributed by atoms with Gasteiger partial charge in [0.05, 0.1) is 44.7 Å². The van der Waals surface area contributed by atoms with E-state index in [2.05, 4.69) is 31.4 Å². The topological polar surface area (TPSA) is 415 Å². The van der Waals surface area contributed by atoms with E-state index in [0.717, 1.165) is 70.6 Å². The molecular weight excluding hydrogens is 1230 g/mol. The van der Waals surface area contributed by atoms with Gasteiger partial charge in [0, 0.05) is 6.92 Å². The SMILES string of the molecule is CCCCCCCCCCCCCCCCCCCC[C@@H](O)C(=O)N[C@@H](CO[C@H]1O[C@H](CO)[C@H](O)[C@H](O)[C@H]1O[C@H]1O[C@H](CO[C@@H]2O[C@H](CO)[C@H](O)[C@H](O[C@@H]3O[C@@H](C)[C@H](O)[C@@H](O)[C@H]3O)[C@H]2NC(C)=O)[C@H](O)[C@H](O)[C@H]1O)[C@H](O)[C@H](O)CCCCCCCCCCCCC(C)CC. The molecule has 0 radical (unpaired) electrons. The van der Waals surface area contributed by atoms with Gasteiger partial charge < -0.3 is 120 Å². The molecule has 26 nitrogen and oxygen atoms in total. The summed E-state index contributed by atoms with van der Waals surface area (Å²) in [5.41, 5.74) is 0. The highest BCUT2D eigenvalue weighted by Gasteiger charge is 2.54. The number of nitrogens with one attached hydrogen (secondary N) is 2. The second kappa shape index (κ2) is 47.2. The molecule has 4 fully saturated rings. The number of hydrogen-bond donors (Lipinski definition) is 16. The number of rotatable bonds is 50. The van der Waals surface area contributed by atoms with Gasteiger partial charge in [-0.05, 0) is 25.7 Å². The summed E-state index contributed by atoms with van der Waals surface area (Å²) in [6.45, 7) is 6.10. The van der Waals surface area contributed by atoms with Crippen LogP contribution in [0.2, 0.25) is 0 Å². The van der Waals surface area contributed by atoms with Crippen molar-refractivity contribution in [3.63, 3.8) is 0 Å².